The summed E-state index contributed by atoms with van der Waals surface area (Å²) in [6.07, 6.45) is 5.15. The van der Waals surface area contributed by atoms with Crippen LogP contribution in [-0.4, -0.2) is 34.2 Å². The number of rotatable bonds is 4. The molecule has 1 aromatic carbocycles. The summed E-state index contributed by atoms with van der Waals surface area (Å²) in [5.41, 5.74) is 2.33. The number of aryl methyl sites for hydroxylation is 1. The molecule has 1 aromatic heterocycles. The molecule has 0 unspecified atom stereocenters. The summed E-state index contributed by atoms with van der Waals surface area (Å²) >= 11 is 0. The summed E-state index contributed by atoms with van der Waals surface area (Å²) in [7, 11) is 0. The van der Waals surface area contributed by atoms with Crippen LogP contribution in [0.2, 0.25) is 0 Å². The summed E-state index contributed by atoms with van der Waals surface area (Å²) in [4.78, 5) is 43.7. The van der Waals surface area contributed by atoms with Crippen LogP contribution in [0.25, 0.3) is 10.9 Å². The number of hydrogen-bond acceptors (Lipinski definition) is 4. The first kappa shape index (κ1) is 17.1. The molecule has 0 spiro atoms. The molecule has 3 aliphatic rings. The van der Waals surface area contributed by atoms with Crippen molar-refractivity contribution in [2.24, 2.45) is 23.7 Å². The van der Waals surface area contributed by atoms with Gasteiger partial charge in [0.05, 0.1) is 23.0 Å². The fraction of sp³-hybridized carbons (Fsp3) is 0.364. The number of nitrogens with zero attached hydrogens (tertiary/aromatic N) is 2. The highest BCUT2D eigenvalue weighted by Crippen LogP contribution is 2.52. The molecule has 4 atom stereocenters. The van der Waals surface area contributed by atoms with E-state index in [-0.39, 0.29) is 54.4 Å². The fourth-order valence-electron chi connectivity index (χ4n) is 5.02. The zero-order valence-corrected chi connectivity index (χ0v) is 15.6. The van der Waals surface area contributed by atoms with Crippen molar-refractivity contribution in [2.45, 2.75) is 19.8 Å². The number of likely N-dealkylation sites (tertiary alicyclic amines) is 1. The molecule has 1 saturated carbocycles. The van der Waals surface area contributed by atoms with E-state index in [4.69, 9.17) is 0 Å². The van der Waals surface area contributed by atoms with Gasteiger partial charge in [-0.3, -0.25) is 24.3 Å². The highest BCUT2D eigenvalue weighted by Gasteiger charge is 2.58. The largest absolute Gasteiger partial charge is 0.325 e. The van der Waals surface area contributed by atoms with Gasteiger partial charge < -0.3 is 5.32 Å². The molecule has 1 saturated heterocycles. The normalized spacial score (nSPS) is 27.7. The van der Waals surface area contributed by atoms with E-state index >= 15 is 0 Å². The molecule has 142 valence electrons. The lowest BCUT2D eigenvalue weighted by atomic mass is 9.85. The van der Waals surface area contributed by atoms with Crippen LogP contribution in [0.1, 0.15) is 18.5 Å². The van der Waals surface area contributed by atoms with Crippen molar-refractivity contribution in [2.75, 3.05) is 11.9 Å². The van der Waals surface area contributed by atoms with Gasteiger partial charge in [0.1, 0.15) is 0 Å². The zero-order chi connectivity index (χ0) is 19.4. The van der Waals surface area contributed by atoms with Gasteiger partial charge in [0.2, 0.25) is 17.7 Å². The van der Waals surface area contributed by atoms with Crippen LogP contribution >= 0.6 is 0 Å². The predicted octanol–water partition coefficient (Wildman–Crippen LogP) is 2.68. The Kier molecular flexibility index (Phi) is 3.82. The molecule has 28 heavy (non-hydrogen) atoms. The molecule has 2 heterocycles. The molecule has 2 aliphatic carbocycles. The maximum Gasteiger partial charge on any atom is 0.233 e. The van der Waals surface area contributed by atoms with Crippen molar-refractivity contribution < 1.29 is 14.4 Å². The van der Waals surface area contributed by atoms with Gasteiger partial charge >= 0.3 is 0 Å². The first-order valence-electron chi connectivity index (χ1n) is 9.73. The average Bonchev–Trinajstić information content (AvgIpc) is 3.34. The summed E-state index contributed by atoms with van der Waals surface area (Å²) in [5, 5.41) is 3.79. The number of benzene rings is 1. The standard InChI is InChI=1S/C22H21N3O3/c1-12-10-17(15-4-2-3-5-16(15)23-12)24-18(26)8-9-25-21(27)19-13-6-7-14(11-13)20(19)22(25)28/h2-7,10,13-14,19-20H,8-9,11H2,1H3,(H,23,24,26)/t13-,14-,19-,20+/m0/s1. The summed E-state index contributed by atoms with van der Waals surface area (Å²) in [6.45, 7) is 2.02. The maximum absolute atomic E-state index is 12.7. The van der Waals surface area contributed by atoms with E-state index < -0.39 is 0 Å². The van der Waals surface area contributed by atoms with Crippen molar-refractivity contribution in [1.82, 2.24) is 9.88 Å². The topological polar surface area (TPSA) is 79.4 Å². The van der Waals surface area contributed by atoms with E-state index in [9.17, 15) is 14.4 Å². The molecule has 2 bridgehead atoms. The third-order valence-electron chi connectivity index (χ3n) is 6.24. The Morgan fingerprint density at radius 2 is 1.82 bits per heavy atom. The number of fused-ring (bicyclic) bond motifs is 6. The van der Waals surface area contributed by atoms with Crippen LogP contribution in [0, 0.1) is 30.6 Å². The minimum Gasteiger partial charge on any atom is -0.325 e. The smallest absolute Gasteiger partial charge is 0.233 e. The summed E-state index contributed by atoms with van der Waals surface area (Å²) < 4.78 is 0. The summed E-state index contributed by atoms with van der Waals surface area (Å²) in [6, 6.07) is 9.46. The number of hydrogen-bond donors (Lipinski definition) is 1. The van der Waals surface area contributed by atoms with Crippen molar-refractivity contribution in [3.8, 4) is 0 Å². The van der Waals surface area contributed by atoms with E-state index in [1.165, 1.54) is 4.90 Å². The molecule has 3 amide bonds. The van der Waals surface area contributed by atoms with Gasteiger partial charge in [-0.2, -0.15) is 0 Å². The molecular formula is C22H21N3O3. The number of imide groups is 1. The van der Waals surface area contributed by atoms with Crippen molar-refractivity contribution in [1.29, 1.82) is 0 Å². The number of carbonyl (C=O) groups excluding carboxylic acids is 3. The van der Waals surface area contributed by atoms with Crippen LogP contribution in [0.4, 0.5) is 5.69 Å². The SMILES string of the molecule is Cc1cc(NC(=O)CCN2C(=O)[C@@H]3[C@H](C2=O)[C@H]2C=C[C@H]3C2)c2ccccc2n1. The molecule has 6 heteroatoms. The van der Waals surface area contributed by atoms with Crippen LogP contribution in [0.15, 0.2) is 42.5 Å². The molecule has 6 nitrogen and oxygen atoms in total. The molecule has 5 rings (SSSR count). The van der Waals surface area contributed by atoms with E-state index in [1.54, 1.807) is 0 Å². The number of nitrogens with one attached hydrogen (secondary N) is 1. The Bertz CT molecular complexity index is 1010. The third kappa shape index (κ3) is 2.55. The fourth-order valence-corrected chi connectivity index (χ4v) is 5.02. The first-order valence-corrected chi connectivity index (χ1v) is 9.73. The van der Waals surface area contributed by atoms with Crippen molar-refractivity contribution in [3.05, 3.63) is 48.2 Å². The van der Waals surface area contributed by atoms with Gasteiger partial charge in [0, 0.05) is 24.0 Å². The Hall–Kier alpha value is -3.02. The van der Waals surface area contributed by atoms with Crippen molar-refractivity contribution >= 4 is 34.3 Å². The van der Waals surface area contributed by atoms with Gasteiger partial charge in [-0.25, -0.2) is 0 Å². The monoisotopic (exact) mass is 375 g/mol. The van der Waals surface area contributed by atoms with Crippen LogP contribution in [0.5, 0.6) is 0 Å². The van der Waals surface area contributed by atoms with Crippen LogP contribution in [-0.2, 0) is 14.4 Å². The van der Waals surface area contributed by atoms with Gasteiger partial charge in [-0.15, -0.1) is 0 Å². The second kappa shape index (κ2) is 6.26. The Labute approximate surface area is 162 Å². The van der Waals surface area contributed by atoms with E-state index in [0.717, 1.165) is 23.0 Å². The Balaban J connectivity index is 1.28. The van der Waals surface area contributed by atoms with E-state index in [0.29, 0.717) is 5.69 Å². The quantitative estimate of drug-likeness (QED) is 0.658. The molecule has 1 aliphatic heterocycles. The van der Waals surface area contributed by atoms with Crippen LogP contribution < -0.4 is 5.32 Å². The Morgan fingerprint density at radius 1 is 1.14 bits per heavy atom. The number of para-hydroxylation sites is 1. The third-order valence-corrected chi connectivity index (χ3v) is 6.24. The Morgan fingerprint density at radius 3 is 2.54 bits per heavy atom. The van der Waals surface area contributed by atoms with Crippen LogP contribution in [0.3, 0.4) is 0 Å². The van der Waals surface area contributed by atoms with Gasteiger partial charge in [0.15, 0.2) is 0 Å². The van der Waals surface area contributed by atoms with Gasteiger partial charge in [-0.05, 0) is 37.3 Å². The van der Waals surface area contributed by atoms with Crippen molar-refractivity contribution in [3.63, 3.8) is 0 Å². The minimum absolute atomic E-state index is 0.0926. The zero-order valence-electron chi connectivity index (χ0n) is 15.6. The molecular weight excluding hydrogens is 354 g/mol. The molecule has 0 radical (unpaired) electrons. The highest BCUT2D eigenvalue weighted by atomic mass is 16.2. The predicted molar refractivity (Wildman–Crippen MR) is 104 cm³/mol. The maximum atomic E-state index is 12.7. The average molecular weight is 375 g/mol. The minimum atomic E-state index is -0.213. The molecule has 1 N–H and O–H groups in total. The van der Waals surface area contributed by atoms with E-state index in [2.05, 4.69) is 22.5 Å². The second-order valence-corrected chi connectivity index (χ2v) is 7.95. The number of carbonyl (C=O) groups is 3. The summed E-state index contributed by atoms with van der Waals surface area (Å²) in [5.74, 6) is -0.466. The number of aromatic nitrogens is 1. The van der Waals surface area contributed by atoms with E-state index in [1.807, 2.05) is 37.3 Å². The number of allylic oxidation sites excluding steroid dienone is 2. The van der Waals surface area contributed by atoms with Gasteiger partial charge in [-0.1, -0.05) is 30.4 Å². The lowest BCUT2D eigenvalue weighted by Crippen LogP contribution is -2.35. The van der Waals surface area contributed by atoms with Gasteiger partial charge in [0.25, 0.3) is 0 Å². The number of amides is 3. The second-order valence-electron chi connectivity index (χ2n) is 7.95. The first-order chi connectivity index (χ1) is 13.5. The highest BCUT2D eigenvalue weighted by molar-refractivity contribution is 6.07. The number of pyridine rings is 1. The lowest BCUT2D eigenvalue weighted by Gasteiger charge is -2.17. The number of anilines is 1. The molecule has 2 aromatic rings. The molecule has 2 fully saturated rings. The lowest BCUT2D eigenvalue weighted by molar-refractivity contribution is -0.140.